The van der Waals surface area contributed by atoms with Crippen molar-refractivity contribution in [1.82, 2.24) is 0 Å². The third kappa shape index (κ3) is 3.36. The molecule has 1 aromatic rings. The zero-order valence-corrected chi connectivity index (χ0v) is 9.26. The van der Waals surface area contributed by atoms with E-state index < -0.39 is 0 Å². The van der Waals surface area contributed by atoms with Gasteiger partial charge in [0.05, 0.1) is 11.4 Å². The molecule has 74 valence electrons. The molecule has 0 unspecified atom stereocenters. The maximum absolute atomic E-state index is 3.14. The summed E-state index contributed by atoms with van der Waals surface area (Å²) in [6.07, 6.45) is 0. The van der Waals surface area contributed by atoms with E-state index in [0.717, 1.165) is 5.69 Å². The largest absolute Gasteiger partial charge is 0.386 e. The molecular weight excluding hydrogens is 160 g/mol. The topological polar surface area (TPSA) is 15.3 Å². The Morgan fingerprint density at radius 1 is 1.08 bits per heavy atom. The second-order valence-corrected chi connectivity index (χ2v) is 2.66. The summed E-state index contributed by atoms with van der Waals surface area (Å²) in [4.78, 5) is 2.09. The number of benzene rings is 1. The molecule has 1 rings (SSSR count). The Bertz CT molecular complexity index is 231. The predicted octanol–water partition coefficient (Wildman–Crippen LogP) is 2.82. The third-order valence-electron chi connectivity index (χ3n) is 1.66. The number of anilines is 2. The molecular formula is C11H20N2. The Hall–Kier alpha value is -1.18. The molecule has 1 N–H and O–H groups in total. The maximum atomic E-state index is 3.14. The number of hydrogen-bond donors (Lipinski definition) is 1. The minimum Gasteiger partial charge on any atom is -0.386 e. The van der Waals surface area contributed by atoms with Crippen molar-refractivity contribution in [3.8, 4) is 0 Å². The number of rotatable bonds is 2. The van der Waals surface area contributed by atoms with Crippen LogP contribution >= 0.6 is 0 Å². The number of nitrogens with one attached hydrogen (secondary N) is 1. The molecule has 0 aliphatic heterocycles. The van der Waals surface area contributed by atoms with Crippen LogP contribution in [0.3, 0.4) is 0 Å². The van der Waals surface area contributed by atoms with E-state index in [1.165, 1.54) is 5.69 Å². The Morgan fingerprint density at radius 3 is 2.00 bits per heavy atom. The molecule has 0 radical (unpaired) electrons. The van der Waals surface area contributed by atoms with Gasteiger partial charge in [0.2, 0.25) is 0 Å². The third-order valence-corrected chi connectivity index (χ3v) is 1.66. The van der Waals surface area contributed by atoms with Crippen LogP contribution in [0.1, 0.15) is 13.8 Å². The summed E-state index contributed by atoms with van der Waals surface area (Å²) in [5.74, 6) is 0. The summed E-state index contributed by atoms with van der Waals surface area (Å²) in [7, 11) is 6.01. The molecule has 0 heterocycles. The van der Waals surface area contributed by atoms with Crippen molar-refractivity contribution < 1.29 is 0 Å². The first kappa shape index (κ1) is 11.8. The van der Waals surface area contributed by atoms with Gasteiger partial charge in [-0.1, -0.05) is 26.0 Å². The lowest BCUT2D eigenvalue weighted by Gasteiger charge is -2.16. The first-order valence-corrected chi connectivity index (χ1v) is 4.70. The summed E-state index contributed by atoms with van der Waals surface area (Å²) >= 11 is 0. The van der Waals surface area contributed by atoms with Gasteiger partial charge in [-0.2, -0.15) is 0 Å². The molecule has 0 aromatic heterocycles. The molecule has 0 atom stereocenters. The van der Waals surface area contributed by atoms with Crippen molar-refractivity contribution in [2.75, 3.05) is 31.4 Å². The molecule has 0 fully saturated rings. The SMILES string of the molecule is CC.CNc1ccccc1N(C)C. The lowest BCUT2D eigenvalue weighted by Crippen LogP contribution is -2.10. The van der Waals surface area contributed by atoms with Gasteiger partial charge in [-0.3, -0.25) is 0 Å². The highest BCUT2D eigenvalue weighted by atomic mass is 15.1. The van der Waals surface area contributed by atoms with E-state index in [2.05, 4.69) is 22.3 Å². The van der Waals surface area contributed by atoms with Crippen LogP contribution in [0.2, 0.25) is 0 Å². The van der Waals surface area contributed by atoms with E-state index in [4.69, 9.17) is 0 Å². The Kier molecular flexibility index (Phi) is 5.77. The summed E-state index contributed by atoms with van der Waals surface area (Å²) in [5.41, 5.74) is 2.38. The number of nitrogens with zero attached hydrogens (tertiary/aromatic N) is 1. The van der Waals surface area contributed by atoms with Gasteiger partial charge in [0.25, 0.3) is 0 Å². The number of hydrogen-bond acceptors (Lipinski definition) is 2. The van der Waals surface area contributed by atoms with E-state index in [9.17, 15) is 0 Å². The second-order valence-electron chi connectivity index (χ2n) is 2.66. The van der Waals surface area contributed by atoms with E-state index in [0.29, 0.717) is 0 Å². The number of para-hydroxylation sites is 2. The highest BCUT2D eigenvalue weighted by Gasteiger charge is 1.98. The fourth-order valence-electron chi connectivity index (χ4n) is 1.08. The van der Waals surface area contributed by atoms with E-state index in [-0.39, 0.29) is 0 Å². The van der Waals surface area contributed by atoms with Crippen LogP contribution in [0.15, 0.2) is 24.3 Å². The minimum atomic E-state index is 1.16. The van der Waals surface area contributed by atoms with Crippen molar-refractivity contribution in [3.63, 3.8) is 0 Å². The zero-order chi connectivity index (χ0) is 10.3. The molecule has 0 aliphatic rings. The van der Waals surface area contributed by atoms with E-state index in [1.54, 1.807) is 0 Å². The van der Waals surface area contributed by atoms with E-state index >= 15 is 0 Å². The minimum absolute atomic E-state index is 1.16. The standard InChI is InChI=1S/C9H14N2.C2H6/c1-10-8-6-4-5-7-9(8)11(2)3;1-2/h4-7,10H,1-3H3;1-2H3. The molecule has 0 bridgehead atoms. The van der Waals surface area contributed by atoms with Crippen LogP contribution < -0.4 is 10.2 Å². The van der Waals surface area contributed by atoms with Crippen molar-refractivity contribution >= 4 is 11.4 Å². The van der Waals surface area contributed by atoms with Gasteiger partial charge in [-0.05, 0) is 12.1 Å². The highest BCUT2D eigenvalue weighted by molar-refractivity contribution is 5.68. The van der Waals surface area contributed by atoms with Crippen LogP contribution in [0.4, 0.5) is 11.4 Å². The van der Waals surface area contributed by atoms with Gasteiger partial charge in [-0.25, -0.2) is 0 Å². The van der Waals surface area contributed by atoms with Crippen molar-refractivity contribution in [2.24, 2.45) is 0 Å². The van der Waals surface area contributed by atoms with Gasteiger partial charge < -0.3 is 10.2 Å². The molecule has 0 spiro atoms. The first-order valence-electron chi connectivity index (χ1n) is 4.70. The summed E-state index contributed by atoms with van der Waals surface area (Å²) in [6, 6.07) is 8.22. The Morgan fingerprint density at radius 2 is 1.62 bits per heavy atom. The van der Waals surface area contributed by atoms with Crippen molar-refractivity contribution in [1.29, 1.82) is 0 Å². The smallest absolute Gasteiger partial charge is 0.0596 e. The van der Waals surface area contributed by atoms with Gasteiger partial charge >= 0.3 is 0 Å². The molecule has 2 nitrogen and oxygen atoms in total. The quantitative estimate of drug-likeness (QED) is 0.753. The lowest BCUT2D eigenvalue weighted by atomic mass is 10.2. The molecule has 0 amide bonds. The Balaban J connectivity index is 0.000000671. The predicted molar refractivity (Wildman–Crippen MR) is 61.7 cm³/mol. The van der Waals surface area contributed by atoms with E-state index in [1.807, 2.05) is 47.1 Å². The summed E-state index contributed by atoms with van der Waals surface area (Å²) in [5, 5.41) is 3.14. The molecule has 0 saturated heterocycles. The average molecular weight is 180 g/mol. The van der Waals surface area contributed by atoms with Crippen LogP contribution in [-0.4, -0.2) is 21.1 Å². The first-order chi connectivity index (χ1) is 6.25. The molecule has 0 saturated carbocycles. The van der Waals surface area contributed by atoms with Gasteiger partial charge in [-0.15, -0.1) is 0 Å². The van der Waals surface area contributed by atoms with Crippen LogP contribution in [0.5, 0.6) is 0 Å². The summed E-state index contributed by atoms with van der Waals surface area (Å²) < 4.78 is 0. The van der Waals surface area contributed by atoms with Crippen LogP contribution in [-0.2, 0) is 0 Å². The fourth-order valence-corrected chi connectivity index (χ4v) is 1.08. The van der Waals surface area contributed by atoms with Gasteiger partial charge in [0.15, 0.2) is 0 Å². The average Bonchev–Trinajstić information content (AvgIpc) is 2.20. The normalized spacial score (nSPS) is 8.38. The molecule has 2 heteroatoms. The monoisotopic (exact) mass is 180 g/mol. The van der Waals surface area contributed by atoms with Gasteiger partial charge in [0, 0.05) is 21.1 Å². The van der Waals surface area contributed by atoms with Crippen molar-refractivity contribution in [3.05, 3.63) is 24.3 Å². The zero-order valence-electron chi connectivity index (χ0n) is 9.26. The van der Waals surface area contributed by atoms with Gasteiger partial charge in [0.1, 0.15) is 0 Å². The highest BCUT2D eigenvalue weighted by Crippen LogP contribution is 2.22. The maximum Gasteiger partial charge on any atom is 0.0596 e. The lowest BCUT2D eigenvalue weighted by molar-refractivity contribution is 1.13. The van der Waals surface area contributed by atoms with Crippen LogP contribution in [0.25, 0.3) is 0 Å². The summed E-state index contributed by atoms with van der Waals surface area (Å²) in [6.45, 7) is 4.00. The second kappa shape index (κ2) is 6.35. The Labute approximate surface area is 81.6 Å². The fraction of sp³-hybridized carbons (Fsp3) is 0.455. The van der Waals surface area contributed by atoms with Crippen molar-refractivity contribution in [2.45, 2.75) is 13.8 Å². The van der Waals surface area contributed by atoms with Crippen LogP contribution in [0, 0.1) is 0 Å². The molecule has 13 heavy (non-hydrogen) atoms. The molecule has 1 aromatic carbocycles. The molecule has 0 aliphatic carbocycles.